The first-order valence-corrected chi connectivity index (χ1v) is 9.92. The number of halogens is 1. The zero-order valence-corrected chi connectivity index (χ0v) is 16.7. The molecular formula is C26H25FN2. The SMILES string of the molecule is C=CCc1ccc(-c2cc(C#CCCCC(C)F)ccc2-c2cccnn2)cc1. The van der Waals surface area contributed by atoms with Crippen LogP contribution in [0, 0.1) is 11.8 Å². The molecule has 0 spiro atoms. The molecule has 3 heteroatoms. The number of allylic oxidation sites excluding steroid dienone is 1. The van der Waals surface area contributed by atoms with Gasteiger partial charge in [0.25, 0.3) is 0 Å². The van der Waals surface area contributed by atoms with Crippen molar-refractivity contribution in [3.63, 3.8) is 0 Å². The molecule has 3 rings (SSSR count). The zero-order chi connectivity index (χ0) is 20.5. The summed E-state index contributed by atoms with van der Waals surface area (Å²) in [6.07, 6.45) is 5.69. The second-order valence-electron chi connectivity index (χ2n) is 7.03. The van der Waals surface area contributed by atoms with Gasteiger partial charge in [-0.2, -0.15) is 10.2 Å². The molecule has 2 aromatic carbocycles. The molecule has 0 fully saturated rings. The number of aromatic nitrogens is 2. The normalized spacial score (nSPS) is 11.4. The van der Waals surface area contributed by atoms with E-state index in [-0.39, 0.29) is 0 Å². The van der Waals surface area contributed by atoms with E-state index in [1.165, 1.54) is 5.56 Å². The van der Waals surface area contributed by atoms with Gasteiger partial charge in [0, 0.05) is 23.7 Å². The Morgan fingerprint density at radius 2 is 1.93 bits per heavy atom. The first-order valence-electron chi connectivity index (χ1n) is 9.92. The van der Waals surface area contributed by atoms with E-state index in [9.17, 15) is 4.39 Å². The van der Waals surface area contributed by atoms with Gasteiger partial charge in [-0.3, -0.25) is 0 Å². The van der Waals surface area contributed by atoms with Crippen molar-refractivity contribution in [2.24, 2.45) is 0 Å². The van der Waals surface area contributed by atoms with E-state index >= 15 is 0 Å². The monoisotopic (exact) mass is 384 g/mol. The van der Waals surface area contributed by atoms with E-state index in [2.05, 4.69) is 58.9 Å². The van der Waals surface area contributed by atoms with Gasteiger partial charge >= 0.3 is 0 Å². The van der Waals surface area contributed by atoms with Crippen molar-refractivity contribution in [2.75, 3.05) is 0 Å². The molecule has 146 valence electrons. The van der Waals surface area contributed by atoms with Crippen LogP contribution in [-0.2, 0) is 6.42 Å². The summed E-state index contributed by atoms with van der Waals surface area (Å²) >= 11 is 0. The lowest BCUT2D eigenvalue weighted by Crippen LogP contribution is -1.92. The van der Waals surface area contributed by atoms with Crippen LogP contribution in [0.15, 0.2) is 73.4 Å². The van der Waals surface area contributed by atoms with Gasteiger partial charge in [0.15, 0.2) is 0 Å². The van der Waals surface area contributed by atoms with Crippen molar-refractivity contribution in [1.82, 2.24) is 10.2 Å². The van der Waals surface area contributed by atoms with Gasteiger partial charge < -0.3 is 0 Å². The summed E-state index contributed by atoms with van der Waals surface area (Å²) in [5.41, 5.74) is 6.19. The Kier molecular flexibility index (Phi) is 7.30. The first kappa shape index (κ1) is 20.5. The molecule has 0 aliphatic carbocycles. The smallest absolute Gasteiger partial charge is 0.0973 e. The fraction of sp³-hybridized carbons (Fsp3) is 0.231. The van der Waals surface area contributed by atoms with Crippen molar-refractivity contribution in [3.8, 4) is 34.2 Å². The Hall–Kier alpha value is -3.25. The van der Waals surface area contributed by atoms with Crippen LogP contribution in [-0.4, -0.2) is 16.4 Å². The highest BCUT2D eigenvalue weighted by Gasteiger charge is 2.10. The van der Waals surface area contributed by atoms with Crippen LogP contribution < -0.4 is 0 Å². The van der Waals surface area contributed by atoms with E-state index < -0.39 is 6.17 Å². The van der Waals surface area contributed by atoms with Crippen molar-refractivity contribution >= 4 is 0 Å². The quantitative estimate of drug-likeness (QED) is 0.267. The average Bonchev–Trinajstić information content (AvgIpc) is 2.75. The van der Waals surface area contributed by atoms with Gasteiger partial charge in [-0.25, -0.2) is 4.39 Å². The molecule has 0 aliphatic heterocycles. The van der Waals surface area contributed by atoms with Crippen molar-refractivity contribution in [3.05, 3.63) is 84.6 Å². The van der Waals surface area contributed by atoms with E-state index in [4.69, 9.17) is 0 Å². The fourth-order valence-corrected chi connectivity index (χ4v) is 3.15. The van der Waals surface area contributed by atoms with Gasteiger partial charge in [0.2, 0.25) is 0 Å². The zero-order valence-electron chi connectivity index (χ0n) is 16.7. The lowest BCUT2D eigenvalue weighted by molar-refractivity contribution is 0.336. The number of hydrogen-bond donors (Lipinski definition) is 0. The lowest BCUT2D eigenvalue weighted by Gasteiger charge is -2.11. The average molecular weight is 384 g/mol. The van der Waals surface area contributed by atoms with Gasteiger partial charge in [-0.15, -0.1) is 6.58 Å². The highest BCUT2D eigenvalue weighted by molar-refractivity contribution is 5.83. The molecule has 0 aliphatic rings. The fourth-order valence-electron chi connectivity index (χ4n) is 3.15. The van der Waals surface area contributed by atoms with Crippen LogP contribution >= 0.6 is 0 Å². The number of nitrogens with zero attached hydrogens (tertiary/aromatic N) is 2. The number of hydrogen-bond acceptors (Lipinski definition) is 2. The Morgan fingerprint density at radius 3 is 2.62 bits per heavy atom. The third-order valence-electron chi connectivity index (χ3n) is 4.65. The van der Waals surface area contributed by atoms with Gasteiger partial charge in [-0.05, 0) is 67.1 Å². The van der Waals surface area contributed by atoms with Gasteiger partial charge in [-0.1, -0.05) is 48.2 Å². The molecule has 1 heterocycles. The summed E-state index contributed by atoms with van der Waals surface area (Å²) in [7, 11) is 0. The Morgan fingerprint density at radius 1 is 1.10 bits per heavy atom. The summed E-state index contributed by atoms with van der Waals surface area (Å²) < 4.78 is 12.9. The Balaban J connectivity index is 1.93. The molecule has 1 unspecified atom stereocenters. The van der Waals surface area contributed by atoms with Crippen LogP contribution in [0.3, 0.4) is 0 Å². The minimum atomic E-state index is -0.765. The molecule has 0 amide bonds. The summed E-state index contributed by atoms with van der Waals surface area (Å²) in [5, 5.41) is 8.30. The maximum absolute atomic E-state index is 12.9. The maximum Gasteiger partial charge on any atom is 0.0973 e. The molecule has 0 bridgehead atoms. The van der Waals surface area contributed by atoms with E-state index in [0.29, 0.717) is 12.8 Å². The molecule has 1 atom stereocenters. The summed E-state index contributed by atoms with van der Waals surface area (Å²) in [5.74, 6) is 6.38. The van der Waals surface area contributed by atoms with E-state index in [1.54, 1.807) is 13.1 Å². The van der Waals surface area contributed by atoms with Crippen molar-refractivity contribution in [1.29, 1.82) is 0 Å². The van der Waals surface area contributed by atoms with E-state index in [0.717, 1.165) is 40.8 Å². The summed E-state index contributed by atoms with van der Waals surface area (Å²) in [6, 6.07) is 18.5. The molecule has 0 radical (unpaired) electrons. The predicted octanol–water partition coefficient (Wildman–Crippen LogP) is 6.42. The first-order chi connectivity index (χ1) is 14.2. The minimum absolute atomic E-state index is 0.558. The van der Waals surface area contributed by atoms with Crippen LogP contribution in [0.5, 0.6) is 0 Å². The Bertz CT molecular complexity index is 996. The predicted molar refractivity (Wildman–Crippen MR) is 118 cm³/mol. The van der Waals surface area contributed by atoms with Crippen LogP contribution in [0.25, 0.3) is 22.4 Å². The van der Waals surface area contributed by atoms with Gasteiger partial charge in [0.1, 0.15) is 0 Å². The third-order valence-corrected chi connectivity index (χ3v) is 4.65. The number of alkyl halides is 1. The van der Waals surface area contributed by atoms with Crippen molar-refractivity contribution < 1.29 is 4.39 Å². The molecule has 3 aromatic rings. The number of unbranched alkanes of at least 4 members (excludes halogenated alkanes) is 1. The largest absolute Gasteiger partial charge is 0.248 e. The molecule has 0 saturated carbocycles. The molecular weight excluding hydrogens is 359 g/mol. The highest BCUT2D eigenvalue weighted by Crippen LogP contribution is 2.32. The van der Waals surface area contributed by atoms with Crippen LogP contribution in [0.1, 0.15) is 37.3 Å². The van der Waals surface area contributed by atoms with Crippen LogP contribution in [0.2, 0.25) is 0 Å². The van der Waals surface area contributed by atoms with E-state index in [1.807, 2.05) is 30.3 Å². The molecule has 29 heavy (non-hydrogen) atoms. The second kappa shape index (κ2) is 10.3. The second-order valence-corrected chi connectivity index (χ2v) is 7.03. The van der Waals surface area contributed by atoms with Crippen LogP contribution in [0.4, 0.5) is 4.39 Å². The Labute approximate surface area is 172 Å². The maximum atomic E-state index is 12.9. The summed E-state index contributed by atoms with van der Waals surface area (Å²) in [6.45, 7) is 5.39. The molecule has 2 nitrogen and oxygen atoms in total. The molecule has 1 aromatic heterocycles. The molecule has 0 saturated heterocycles. The van der Waals surface area contributed by atoms with Crippen molar-refractivity contribution in [2.45, 2.75) is 38.8 Å². The highest BCUT2D eigenvalue weighted by atomic mass is 19.1. The standard InChI is InChI=1S/C26H25FN2/c1-3-8-21-12-15-23(16-13-21)25-19-22(10-6-4-5-9-20(2)27)14-17-24(25)26-11-7-18-28-29-26/h3,7,11-20H,1,4-5,8-9H2,2H3. The number of benzene rings is 2. The topological polar surface area (TPSA) is 25.8 Å². The molecule has 0 N–H and O–H groups in total. The lowest BCUT2D eigenvalue weighted by atomic mass is 9.94. The van der Waals surface area contributed by atoms with Gasteiger partial charge in [0.05, 0.1) is 11.9 Å². The number of rotatable bonds is 7. The minimum Gasteiger partial charge on any atom is -0.248 e. The summed E-state index contributed by atoms with van der Waals surface area (Å²) in [4.78, 5) is 0. The third kappa shape index (κ3) is 5.86.